The fraction of sp³-hybridized carbons (Fsp3) is 1.00. The van der Waals surface area contributed by atoms with Gasteiger partial charge in [0.15, 0.2) is 0 Å². The van der Waals surface area contributed by atoms with E-state index in [1.165, 1.54) is 25.7 Å². The molecule has 1 rings (SSSR count). The van der Waals surface area contributed by atoms with Crippen molar-refractivity contribution in [1.82, 2.24) is 5.32 Å². The van der Waals surface area contributed by atoms with E-state index in [1.54, 1.807) is 7.11 Å². The van der Waals surface area contributed by atoms with E-state index in [1.807, 2.05) is 0 Å². The standard InChI is InChI=1S/C12H25NO2/c1-3-7-13-9-12(10-14-2)15-8-6-11-4-5-11/h11-13H,3-10H2,1-2H3. The van der Waals surface area contributed by atoms with Gasteiger partial charge in [-0.25, -0.2) is 0 Å². The molecular weight excluding hydrogens is 190 g/mol. The first-order valence-electron chi connectivity index (χ1n) is 6.18. The van der Waals surface area contributed by atoms with Crippen molar-refractivity contribution in [3.8, 4) is 0 Å². The molecule has 0 spiro atoms. The molecule has 1 aliphatic rings. The summed E-state index contributed by atoms with van der Waals surface area (Å²) >= 11 is 0. The molecule has 0 radical (unpaired) electrons. The molecule has 0 aromatic rings. The molecule has 3 heteroatoms. The van der Waals surface area contributed by atoms with Crippen molar-refractivity contribution in [2.75, 3.05) is 33.4 Å². The fourth-order valence-corrected chi connectivity index (χ4v) is 1.60. The van der Waals surface area contributed by atoms with Gasteiger partial charge >= 0.3 is 0 Å². The third-order valence-electron chi connectivity index (χ3n) is 2.73. The molecule has 1 aliphatic carbocycles. The van der Waals surface area contributed by atoms with Gasteiger partial charge in [0.25, 0.3) is 0 Å². The SMILES string of the molecule is CCCNCC(COC)OCCC1CC1. The zero-order valence-electron chi connectivity index (χ0n) is 10.1. The van der Waals surface area contributed by atoms with E-state index in [-0.39, 0.29) is 6.10 Å². The minimum atomic E-state index is 0.222. The minimum Gasteiger partial charge on any atom is -0.382 e. The summed E-state index contributed by atoms with van der Waals surface area (Å²) in [5, 5.41) is 3.37. The van der Waals surface area contributed by atoms with Crippen LogP contribution in [-0.4, -0.2) is 39.5 Å². The second-order valence-corrected chi connectivity index (χ2v) is 4.38. The first-order valence-corrected chi connectivity index (χ1v) is 6.18. The van der Waals surface area contributed by atoms with E-state index >= 15 is 0 Å². The monoisotopic (exact) mass is 215 g/mol. The zero-order chi connectivity index (χ0) is 10.9. The van der Waals surface area contributed by atoms with Crippen LogP contribution in [0.3, 0.4) is 0 Å². The largest absolute Gasteiger partial charge is 0.382 e. The number of methoxy groups -OCH3 is 1. The molecule has 3 nitrogen and oxygen atoms in total. The molecule has 0 saturated heterocycles. The van der Waals surface area contributed by atoms with Gasteiger partial charge in [0.2, 0.25) is 0 Å². The summed E-state index contributed by atoms with van der Waals surface area (Å²) in [4.78, 5) is 0. The van der Waals surface area contributed by atoms with Crippen LogP contribution in [0.2, 0.25) is 0 Å². The molecule has 15 heavy (non-hydrogen) atoms. The van der Waals surface area contributed by atoms with E-state index in [4.69, 9.17) is 9.47 Å². The van der Waals surface area contributed by atoms with Crippen molar-refractivity contribution in [3.05, 3.63) is 0 Å². The second kappa shape index (κ2) is 8.08. The van der Waals surface area contributed by atoms with Crippen molar-refractivity contribution in [2.45, 2.75) is 38.7 Å². The van der Waals surface area contributed by atoms with Crippen LogP contribution in [0.15, 0.2) is 0 Å². The minimum absolute atomic E-state index is 0.222. The predicted octanol–water partition coefficient (Wildman–Crippen LogP) is 1.82. The Kier molecular flexibility index (Phi) is 6.98. The highest BCUT2D eigenvalue weighted by Crippen LogP contribution is 2.32. The van der Waals surface area contributed by atoms with Gasteiger partial charge in [-0.05, 0) is 25.3 Å². The molecule has 1 atom stereocenters. The number of rotatable bonds is 10. The average molecular weight is 215 g/mol. The maximum absolute atomic E-state index is 5.79. The maximum Gasteiger partial charge on any atom is 0.0932 e. The fourth-order valence-electron chi connectivity index (χ4n) is 1.60. The van der Waals surface area contributed by atoms with Crippen LogP contribution in [0, 0.1) is 5.92 Å². The quantitative estimate of drug-likeness (QED) is 0.564. The summed E-state index contributed by atoms with van der Waals surface area (Å²) in [5.41, 5.74) is 0. The van der Waals surface area contributed by atoms with Gasteiger partial charge in [-0.2, -0.15) is 0 Å². The summed E-state index contributed by atoms with van der Waals surface area (Å²) in [5.74, 6) is 0.955. The Morgan fingerprint density at radius 2 is 2.20 bits per heavy atom. The van der Waals surface area contributed by atoms with E-state index in [0.717, 1.165) is 25.6 Å². The molecule has 0 bridgehead atoms. The summed E-state index contributed by atoms with van der Waals surface area (Å²) in [6.07, 6.45) is 5.44. The molecule has 1 N–H and O–H groups in total. The van der Waals surface area contributed by atoms with E-state index in [2.05, 4.69) is 12.2 Å². The molecule has 0 aromatic carbocycles. The summed E-state index contributed by atoms with van der Waals surface area (Å²) in [7, 11) is 1.73. The van der Waals surface area contributed by atoms with Crippen molar-refractivity contribution in [1.29, 1.82) is 0 Å². The van der Waals surface area contributed by atoms with Crippen LogP contribution >= 0.6 is 0 Å². The average Bonchev–Trinajstić information content (AvgIpc) is 3.02. The smallest absolute Gasteiger partial charge is 0.0932 e. The Hall–Kier alpha value is -0.120. The Morgan fingerprint density at radius 1 is 1.40 bits per heavy atom. The van der Waals surface area contributed by atoms with Crippen molar-refractivity contribution in [2.24, 2.45) is 5.92 Å². The molecule has 0 aliphatic heterocycles. The normalized spacial score (nSPS) is 18.0. The summed E-state index contributed by atoms with van der Waals surface area (Å²) in [6.45, 7) is 5.73. The van der Waals surface area contributed by atoms with Crippen molar-refractivity contribution in [3.63, 3.8) is 0 Å². The van der Waals surface area contributed by atoms with Crippen LogP contribution in [0.5, 0.6) is 0 Å². The van der Waals surface area contributed by atoms with Gasteiger partial charge in [0, 0.05) is 20.3 Å². The number of hydrogen-bond acceptors (Lipinski definition) is 3. The van der Waals surface area contributed by atoms with Crippen LogP contribution in [0.25, 0.3) is 0 Å². The lowest BCUT2D eigenvalue weighted by atomic mass is 10.3. The Balaban J connectivity index is 1.99. The molecule has 0 heterocycles. The summed E-state index contributed by atoms with van der Waals surface area (Å²) < 4.78 is 10.9. The Bertz CT molecular complexity index is 149. The van der Waals surface area contributed by atoms with E-state index in [0.29, 0.717) is 6.61 Å². The van der Waals surface area contributed by atoms with E-state index in [9.17, 15) is 0 Å². The van der Waals surface area contributed by atoms with Crippen molar-refractivity contribution >= 4 is 0 Å². The second-order valence-electron chi connectivity index (χ2n) is 4.38. The van der Waals surface area contributed by atoms with Crippen LogP contribution in [0.4, 0.5) is 0 Å². The van der Waals surface area contributed by atoms with Gasteiger partial charge in [-0.3, -0.25) is 0 Å². The Labute approximate surface area is 93.5 Å². The van der Waals surface area contributed by atoms with Gasteiger partial charge in [0.05, 0.1) is 12.7 Å². The van der Waals surface area contributed by atoms with Gasteiger partial charge in [0.1, 0.15) is 0 Å². The highest BCUT2D eigenvalue weighted by molar-refractivity contribution is 4.72. The predicted molar refractivity (Wildman–Crippen MR) is 62.1 cm³/mol. The van der Waals surface area contributed by atoms with Crippen LogP contribution in [-0.2, 0) is 9.47 Å². The molecule has 1 fully saturated rings. The topological polar surface area (TPSA) is 30.5 Å². The number of nitrogens with one attached hydrogen (secondary N) is 1. The number of ether oxygens (including phenoxy) is 2. The highest BCUT2D eigenvalue weighted by Gasteiger charge is 2.21. The van der Waals surface area contributed by atoms with Crippen molar-refractivity contribution < 1.29 is 9.47 Å². The lowest BCUT2D eigenvalue weighted by molar-refractivity contribution is -0.00308. The third-order valence-corrected chi connectivity index (χ3v) is 2.73. The molecule has 0 amide bonds. The molecule has 1 saturated carbocycles. The van der Waals surface area contributed by atoms with Gasteiger partial charge in [-0.15, -0.1) is 0 Å². The zero-order valence-corrected chi connectivity index (χ0v) is 10.1. The first-order chi connectivity index (χ1) is 7.36. The third kappa shape index (κ3) is 6.88. The molecule has 90 valence electrons. The van der Waals surface area contributed by atoms with Gasteiger partial charge in [-0.1, -0.05) is 19.8 Å². The first kappa shape index (κ1) is 12.9. The maximum atomic E-state index is 5.79. The van der Waals surface area contributed by atoms with Crippen LogP contribution in [0.1, 0.15) is 32.6 Å². The highest BCUT2D eigenvalue weighted by atomic mass is 16.5. The lowest BCUT2D eigenvalue weighted by Gasteiger charge is -2.17. The number of hydrogen-bond donors (Lipinski definition) is 1. The molecule has 0 aromatic heterocycles. The summed E-state index contributed by atoms with van der Waals surface area (Å²) in [6, 6.07) is 0. The van der Waals surface area contributed by atoms with Crippen LogP contribution < -0.4 is 5.32 Å². The van der Waals surface area contributed by atoms with E-state index < -0.39 is 0 Å². The molecule has 1 unspecified atom stereocenters. The Morgan fingerprint density at radius 3 is 2.80 bits per heavy atom. The lowest BCUT2D eigenvalue weighted by Crippen LogP contribution is -2.33. The van der Waals surface area contributed by atoms with Gasteiger partial charge < -0.3 is 14.8 Å². The molecular formula is C12H25NO2.